The Bertz CT molecular complexity index is 957. The summed E-state index contributed by atoms with van der Waals surface area (Å²) in [5.41, 5.74) is 1.69. The number of carbonyl (C=O) groups excluding carboxylic acids is 1. The van der Waals surface area contributed by atoms with E-state index in [1.807, 2.05) is 18.2 Å². The lowest BCUT2D eigenvalue weighted by Gasteiger charge is -2.43. The number of fused-ring (bicyclic) bond motifs is 1. The van der Waals surface area contributed by atoms with E-state index in [1.165, 1.54) is 56.5 Å². The van der Waals surface area contributed by atoms with Gasteiger partial charge in [0.25, 0.3) is 5.95 Å². The van der Waals surface area contributed by atoms with E-state index in [1.54, 1.807) is 23.5 Å². The van der Waals surface area contributed by atoms with Crippen molar-refractivity contribution in [3.05, 3.63) is 41.6 Å². The number of thiazole rings is 1. The number of rotatable bonds is 4. The number of ether oxygens (including phenoxy) is 1. The van der Waals surface area contributed by atoms with Gasteiger partial charge in [-0.1, -0.05) is 6.42 Å². The van der Waals surface area contributed by atoms with Gasteiger partial charge in [0.15, 0.2) is 0 Å². The average molecular weight is 398 g/mol. The predicted molar refractivity (Wildman–Crippen MR) is 109 cm³/mol. The highest BCUT2D eigenvalue weighted by Crippen LogP contribution is 2.43. The first-order chi connectivity index (χ1) is 13.7. The number of nitrogens with one attached hydrogen (secondary N) is 1. The number of piperidine rings is 1. The number of hydrogen-bond donors (Lipinski definition) is 1. The van der Waals surface area contributed by atoms with E-state index in [-0.39, 0.29) is 5.95 Å². The van der Waals surface area contributed by atoms with Crippen molar-refractivity contribution in [1.29, 1.82) is 0 Å². The Kier molecular flexibility index (Phi) is 4.78. The normalized spacial score (nSPS) is 22.7. The van der Waals surface area contributed by atoms with Crippen LogP contribution < -0.4 is 10.1 Å². The largest absolute Gasteiger partial charge is 0.434 e. The molecule has 5 rings (SSSR count). The van der Waals surface area contributed by atoms with Gasteiger partial charge >= 0.3 is 6.09 Å². The van der Waals surface area contributed by atoms with E-state index in [2.05, 4.69) is 10.2 Å². The molecule has 146 valence electrons. The first-order valence-corrected chi connectivity index (χ1v) is 10.7. The van der Waals surface area contributed by atoms with E-state index >= 15 is 0 Å². The Morgan fingerprint density at radius 2 is 2.07 bits per heavy atom. The summed E-state index contributed by atoms with van der Waals surface area (Å²) in [6, 6.07) is 9.77. The van der Waals surface area contributed by atoms with Crippen LogP contribution in [-0.4, -0.2) is 35.1 Å². The number of anilines is 1. The third-order valence-corrected chi connectivity index (χ3v) is 6.89. The van der Waals surface area contributed by atoms with Crippen LogP contribution in [-0.2, 0) is 0 Å². The molecule has 0 atom stereocenters. The molecule has 0 radical (unpaired) electrons. The zero-order chi connectivity index (χ0) is 18.9. The predicted octanol–water partition coefficient (Wildman–Crippen LogP) is 5.23. The fraction of sp³-hybridized carbons (Fsp3) is 0.429. The molecule has 1 aliphatic heterocycles. The van der Waals surface area contributed by atoms with Gasteiger partial charge < -0.3 is 14.1 Å². The lowest BCUT2D eigenvalue weighted by Crippen LogP contribution is -2.46. The summed E-state index contributed by atoms with van der Waals surface area (Å²) in [5.74, 6) is 0.747. The number of likely N-dealkylation sites (tertiary alicyclic amines) is 1. The molecule has 1 aliphatic carbocycles. The van der Waals surface area contributed by atoms with Crippen LogP contribution in [0.5, 0.6) is 5.95 Å². The monoisotopic (exact) mass is 397 g/mol. The zero-order valence-corrected chi connectivity index (χ0v) is 16.4. The number of nitrogens with zero attached hydrogens (tertiary/aromatic N) is 2. The lowest BCUT2D eigenvalue weighted by molar-refractivity contribution is 0.0888. The first kappa shape index (κ1) is 17.7. The van der Waals surface area contributed by atoms with E-state index in [9.17, 15) is 4.79 Å². The molecule has 2 fully saturated rings. The van der Waals surface area contributed by atoms with Crippen molar-refractivity contribution in [3.8, 4) is 5.95 Å². The molecule has 3 heterocycles. The Morgan fingerprint density at radius 3 is 2.86 bits per heavy atom. The van der Waals surface area contributed by atoms with Crippen LogP contribution in [0.25, 0.3) is 10.2 Å². The van der Waals surface area contributed by atoms with Crippen molar-refractivity contribution in [2.45, 2.75) is 44.1 Å². The molecule has 0 spiro atoms. The van der Waals surface area contributed by atoms with Crippen molar-refractivity contribution >= 4 is 33.3 Å². The van der Waals surface area contributed by atoms with Crippen molar-refractivity contribution in [3.63, 3.8) is 0 Å². The molecule has 7 heteroatoms. The molecule has 1 saturated heterocycles. The van der Waals surface area contributed by atoms with E-state index < -0.39 is 6.09 Å². The first-order valence-electron chi connectivity index (χ1n) is 9.91. The summed E-state index contributed by atoms with van der Waals surface area (Å²) in [5, 5.41) is 3.96. The summed E-state index contributed by atoms with van der Waals surface area (Å²) in [4.78, 5) is 19.5. The van der Waals surface area contributed by atoms with E-state index in [4.69, 9.17) is 14.1 Å². The summed E-state index contributed by atoms with van der Waals surface area (Å²) >= 11 is 1.74. The lowest BCUT2D eigenvalue weighted by atomic mass is 9.79. The smallest absolute Gasteiger partial charge is 0.419 e. The Hall–Kier alpha value is -2.38. The van der Waals surface area contributed by atoms with Crippen LogP contribution in [0.4, 0.5) is 10.5 Å². The van der Waals surface area contributed by atoms with Gasteiger partial charge in [0.05, 0.1) is 21.5 Å². The van der Waals surface area contributed by atoms with Crippen LogP contribution >= 0.6 is 11.3 Å². The second-order valence-electron chi connectivity index (χ2n) is 7.60. The molecule has 3 aromatic rings. The second kappa shape index (κ2) is 7.56. The third kappa shape index (κ3) is 3.64. The minimum atomic E-state index is -0.567. The number of amides is 1. The average Bonchev–Trinajstić information content (AvgIpc) is 3.30. The van der Waals surface area contributed by atoms with Gasteiger partial charge in [-0.25, -0.2) is 9.78 Å². The van der Waals surface area contributed by atoms with E-state index in [0.717, 1.165) is 16.3 Å². The summed E-state index contributed by atoms with van der Waals surface area (Å²) < 4.78 is 11.2. The molecule has 1 saturated carbocycles. The van der Waals surface area contributed by atoms with Gasteiger partial charge in [-0.2, -0.15) is 0 Å². The molecule has 2 aliphatic rings. The number of hydrogen-bond acceptors (Lipinski definition) is 6. The molecule has 1 aromatic carbocycles. The molecule has 0 unspecified atom stereocenters. The Balaban J connectivity index is 1.22. The zero-order valence-electron chi connectivity index (χ0n) is 15.6. The van der Waals surface area contributed by atoms with Crippen molar-refractivity contribution < 1.29 is 13.9 Å². The topological polar surface area (TPSA) is 67.6 Å². The van der Waals surface area contributed by atoms with Gasteiger partial charge in [0.2, 0.25) is 0 Å². The van der Waals surface area contributed by atoms with Gasteiger partial charge in [0.1, 0.15) is 0 Å². The van der Waals surface area contributed by atoms with Crippen LogP contribution in [0, 0.1) is 0 Å². The van der Waals surface area contributed by atoms with Crippen LogP contribution in [0.1, 0.15) is 43.0 Å². The molecule has 2 aromatic heterocycles. The SMILES string of the molecule is O=C(Nc1ccc2nc(C3CC(N4CCCCC4)C3)sc2c1)Oc1ccco1. The number of aromatic nitrogens is 1. The minimum Gasteiger partial charge on any atom is -0.434 e. The molecule has 1 N–H and O–H groups in total. The van der Waals surface area contributed by atoms with Crippen LogP contribution in [0.3, 0.4) is 0 Å². The van der Waals surface area contributed by atoms with Gasteiger partial charge in [0, 0.05) is 23.7 Å². The highest BCUT2D eigenvalue weighted by Gasteiger charge is 2.36. The molecule has 28 heavy (non-hydrogen) atoms. The Morgan fingerprint density at radius 1 is 1.21 bits per heavy atom. The summed E-state index contributed by atoms with van der Waals surface area (Å²) in [6.45, 7) is 2.53. The molecular formula is C21H23N3O3S. The highest BCUT2D eigenvalue weighted by molar-refractivity contribution is 7.18. The van der Waals surface area contributed by atoms with Crippen molar-refractivity contribution in [1.82, 2.24) is 9.88 Å². The van der Waals surface area contributed by atoms with Gasteiger partial charge in [-0.05, 0) is 63.0 Å². The van der Waals surface area contributed by atoms with Crippen LogP contribution in [0.15, 0.2) is 41.0 Å². The van der Waals surface area contributed by atoms with Gasteiger partial charge in [-0.3, -0.25) is 5.32 Å². The number of carbonyl (C=O) groups is 1. The summed E-state index contributed by atoms with van der Waals surface area (Å²) in [6.07, 6.45) is 7.42. The van der Waals surface area contributed by atoms with Crippen LogP contribution in [0.2, 0.25) is 0 Å². The molecule has 0 bridgehead atoms. The van der Waals surface area contributed by atoms with Crippen molar-refractivity contribution in [2.24, 2.45) is 0 Å². The molecule has 1 amide bonds. The maximum atomic E-state index is 12.0. The fourth-order valence-corrected chi connectivity index (χ4v) is 5.25. The molecule has 6 nitrogen and oxygen atoms in total. The Labute approximate surface area is 167 Å². The van der Waals surface area contributed by atoms with Gasteiger partial charge in [-0.15, -0.1) is 11.3 Å². The van der Waals surface area contributed by atoms with Crippen molar-refractivity contribution in [2.75, 3.05) is 18.4 Å². The quantitative estimate of drug-likeness (QED) is 0.653. The maximum absolute atomic E-state index is 12.0. The second-order valence-corrected chi connectivity index (χ2v) is 8.66. The standard InChI is InChI=1S/C21H23N3O3S/c25-21(27-19-5-4-10-26-19)22-15-6-7-17-18(13-15)28-20(23-17)14-11-16(12-14)24-8-2-1-3-9-24/h4-7,10,13-14,16H,1-3,8-9,11-12H2,(H,22,25). The summed E-state index contributed by atoms with van der Waals surface area (Å²) in [7, 11) is 0. The highest BCUT2D eigenvalue weighted by atomic mass is 32.1. The third-order valence-electron chi connectivity index (χ3n) is 5.71. The number of benzene rings is 1. The molecular weight excluding hydrogens is 374 g/mol. The minimum absolute atomic E-state index is 0.173. The van der Waals surface area contributed by atoms with E-state index in [0.29, 0.717) is 11.6 Å². The number of furan rings is 1. The maximum Gasteiger partial charge on any atom is 0.419 e. The fourth-order valence-electron chi connectivity index (χ4n) is 4.12.